The van der Waals surface area contributed by atoms with E-state index in [1.165, 1.54) is 7.11 Å². The number of methoxy groups -OCH3 is 1. The quantitative estimate of drug-likeness (QED) is 0.632. The molecule has 0 heterocycles. The predicted octanol–water partition coefficient (Wildman–Crippen LogP) is 1.45. The highest BCUT2D eigenvalue weighted by Crippen LogP contribution is 2.29. The van der Waals surface area contributed by atoms with Gasteiger partial charge < -0.3 is 20.5 Å². The molecular weight excluding hydrogens is 280 g/mol. The van der Waals surface area contributed by atoms with E-state index in [9.17, 15) is 9.59 Å². The van der Waals surface area contributed by atoms with Crippen molar-refractivity contribution in [3.8, 4) is 0 Å². The van der Waals surface area contributed by atoms with Gasteiger partial charge in [0, 0.05) is 24.9 Å². The van der Waals surface area contributed by atoms with Crippen LogP contribution in [0.15, 0.2) is 0 Å². The molecule has 1 saturated carbocycles. The maximum atomic E-state index is 11.7. The zero-order valence-corrected chi connectivity index (χ0v) is 12.9. The summed E-state index contributed by atoms with van der Waals surface area (Å²) in [6.45, 7) is 2.35. The molecule has 0 aromatic rings. The summed E-state index contributed by atoms with van der Waals surface area (Å²) in [5.41, 5.74) is 0. The van der Waals surface area contributed by atoms with E-state index in [-0.39, 0.29) is 25.0 Å². The fourth-order valence-corrected chi connectivity index (χ4v) is 3.48. The normalized spacial score (nSPS) is 23.3. The number of carboxylic acids is 1. The van der Waals surface area contributed by atoms with Crippen molar-refractivity contribution in [2.45, 2.75) is 50.0 Å². The Morgan fingerprint density at radius 3 is 2.80 bits per heavy atom. The van der Waals surface area contributed by atoms with Crippen LogP contribution in [0, 0.1) is 0 Å². The number of thioether (sulfide) groups is 1. The van der Waals surface area contributed by atoms with Crippen LogP contribution in [0.3, 0.4) is 0 Å². The monoisotopic (exact) mass is 304 g/mol. The SMILES string of the molecule is CCSC1CCC(NC(=O)NCC(CC(=O)O)OC)C1. The van der Waals surface area contributed by atoms with Gasteiger partial charge in [-0.15, -0.1) is 0 Å². The Balaban J connectivity index is 2.21. The minimum Gasteiger partial charge on any atom is -0.481 e. The van der Waals surface area contributed by atoms with E-state index in [1.807, 2.05) is 11.8 Å². The summed E-state index contributed by atoms with van der Waals surface area (Å²) < 4.78 is 5.00. The third-order valence-corrected chi connectivity index (χ3v) is 4.58. The van der Waals surface area contributed by atoms with Gasteiger partial charge in [-0.2, -0.15) is 11.8 Å². The summed E-state index contributed by atoms with van der Waals surface area (Å²) in [6, 6.07) is -0.0240. The molecule has 1 fully saturated rings. The number of hydrogen-bond acceptors (Lipinski definition) is 4. The molecule has 3 atom stereocenters. The average molecular weight is 304 g/mol. The number of carbonyl (C=O) groups is 2. The van der Waals surface area contributed by atoms with Gasteiger partial charge in [-0.3, -0.25) is 4.79 Å². The van der Waals surface area contributed by atoms with Crippen molar-refractivity contribution in [2.75, 3.05) is 19.4 Å². The second-order valence-electron chi connectivity index (χ2n) is 4.90. The molecule has 0 spiro atoms. The average Bonchev–Trinajstić information content (AvgIpc) is 2.82. The lowest BCUT2D eigenvalue weighted by atomic mass is 10.2. The smallest absolute Gasteiger partial charge is 0.315 e. The lowest BCUT2D eigenvalue weighted by Gasteiger charge is -2.17. The fraction of sp³-hybridized carbons (Fsp3) is 0.846. The molecule has 1 aliphatic carbocycles. The Labute approximate surface area is 124 Å². The van der Waals surface area contributed by atoms with Gasteiger partial charge in [0.15, 0.2) is 0 Å². The molecule has 0 radical (unpaired) electrons. The van der Waals surface area contributed by atoms with Crippen molar-refractivity contribution in [1.82, 2.24) is 10.6 Å². The first-order valence-corrected chi connectivity index (χ1v) is 8.00. The van der Waals surface area contributed by atoms with E-state index >= 15 is 0 Å². The number of rotatable bonds is 8. The molecule has 1 rings (SSSR count). The molecule has 2 amide bonds. The van der Waals surface area contributed by atoms with Gasteiger partial charge >= 0.3 is 12.0 Å². The number of nitrogens with one attached hydrogen (secondary N) is 2. The van der Waals surface area contributed by atoms with E-state index in [0.29, 0.717) is 5.25 Å². The molecule has 0 aromatic carbocycles. The molecule has 0 aliphatic heterocycles. The van der Waals surface area contributed by atoms with E-state index in [0.717, 1.165) is 25.0 Å². The van der Waals surface area contributed by atoms with Gasteiger partial charge in [-0.25, -0.2) is 4.79 Å². The van der Waals surface area contributed by atoms with Gasteiger partial charge in [-0.05, 0) is 25.0 Å². The Morgan fingerprint density at radius 1 is 1.45 bits per heavy atom. The Hall–Kier alpha value is -0.950. The molecule has 1 aliphatic rings. The summed E-state index contributed by atoms with van der Waals surface area (Å²) >= 11 is 1.94. The van der Waals surface area contributed by atoms with Crippen LogP contribution < -0.4 is 10.6 Å². The number of amides is 2. The molecular formula is C13H24N2O4S. The summed E-state index contributed by atoms with van der Waals surface area (Å²) in [7, 11) is 1.44. The number of carbonyl (C=O) groups excluding carboxylic acids is 1. The Morgan fingerprint density at radius 2 is 2.20 bits per heavy atom. The molecule has 0 aromatic heterocycles. The lowest BCUT2D eigenvalue weighted by Crippen LogP contribution is -2.44. The maximum Gasteiger partial charge on any atom is 0.315 e. The third-order valence-electron chi connectivity index (χ3n) is 3.35. The molecule has 6 nitrogen and oxygen atoms in total. The summed E-state index contributed by atoms with van der Waals surface area (Å²) in [5.74, 6) is 0.170. The van der Waals surface area contributed by atoms with Crippen molar-refractivity contribution in [1.29, 1.82) is 0 Å². The number of aliphatic carboxylic acids is 1. The minimum absolute atomic E-state index is 0.116. The number of urea groups is 1. The first-order valence-electron chi connectivity index (χ1n) is 6.95. The molecule has 116 valence electrons. The van der Waals surface area contributed by atoms with E-state index in [4.69, 9.17) is 9.84 Å². The van der Waals surface area contributed by atoms with E-state index in [2.05, 4.69) is 17.6 Å². The first-order chi connectivity index (χ1) is 9.55. The molecule has 7 heteroatoms. The number of hydrogen-bond donors (Lipinski definition) is 3. The van der Waals surface area contributed by atoms with Crippen LogP contribution >= 0.6 is 11.8 Å². The zero-order chi connectivity index (χ0) is 15.0. The lowest BCUT2D eigenvalue weighted by molar-refractivity contribution is -0.139. The topological polar surface area (TPSA) is 87.7 Å². The van der Waals surface area contributed by atoms with Gasteiger partial charge in [0.2, 0.25) is 0 Å². The van der Waals surface area contributed by atoms with E-state index in [1.54, 1.807) is 0 Å². The van der Waals surface area contributed by atoms with Crippen LogP contribution in [0.2, 0.25) is 0 Å². The maximum absolute atomic E-state index is 11.7. The van der Waals surface area contributed by atoms with Crippen LogP contribution in [-0.4, -0.2) is 53.9 Å². The predicted molar refractivity (Wildman–Crippen MR) is 79.1 cm³/mol. The molecule has 0 saturated heterocycles. The Bertz CT molecular complexity index is 327. The van der Waals surface area contributed by atoms with Crippen LogP contribution in [-0.2, 0) is 9.53 Å². The second kappa shape index (κ2) is 9.07. The molecule has 3 unspecified atom stereocenters. The summed E-state index contributed by atoms with van der Waals surface area (Å²) in [5, 5.41) is 14.9. The van der Waals surface area contributed by atoms with Gasteiger partial charge in [0.25, 0.3) is 0 Å². The van der Waals surface area contributed by atoms with Crippen molar-refractivity contribution in [3.63, 3.8) is 0 Å². The van der Waals surface area contributed by atoms with Crippen LogP contribution in [0.5, 0.6) is 0 Å². The largest absolute Gasteiger partial charge is 0.481 e. The molecule has 20 heavy (non-hydrogen) atoms. The molecule has 3 N–H and O–H groups in total. The van der Waals surface area contributed by atoms with Gasteiger partial charge in [0.05, 0.1) is 12.5 Å². The highest BCUT2D eigenvalue weighted by Gasteiger charge is 2.25. The number of ether oxygens (including phenoxy) is 1. The highest BCUT2D eigenvalue weighted by atomic mass is 32.2. The van der Waals surface area contributed by atoms with Crippen molar-refractivity contribution in [2.24, 2.45) is 0 Å². The zero-order valence-electron chi connectivity index (χ0n) is 12.1. The van der Waals surface area contributed by atoms with Crippen molar-refractivity contribution in [3.05, 3.63) is 0 Å². The minimum atomic E-state index is -0.936. The van der Waals surface area contributed by atoms with Gasteiger partial charge in [-0.1, -0.05) is 6.92 Å². The summed E-state index contributed by atoms with van der Waals surface area (Å²) in [6.07, 6.45) is 2.55. The van der Waals surface area contributed by atoms with Crippen molar-refractivity contribution < 1.29 is 19.4 Å². The second-order valence-corrected chi connectivity index (χ2v) is 6.47. The van der Waals surface area contributed by atoms with E-state index < -0.39 is 12.1 Å². The van der Waals surface area contributed by atoms with Crippen LogP contribution in [0.4, 0.5) is 4.79 Å². The third kappa shape index (κ3) is 6.47. The first kappa shape index (κ1) is 17.1. The van der Waals surface area contributed by atoms with Gasteiger partial charge in [0.1, 0.15) is 0 Å². The van der Waals surface area contributed by atoms with Crippen LogP contribution in [0.1, 0.15) is 32.6 Å². The van der Waals surface area contributed by atoms with Crippen LogP contribution in [0.25, 0.3) is 0 Å². The molecule has 0 bridgehead atoms. The highest BCUT2D eigenvalue weighted by molar-refractivity contribution is 7.99. The number of carboxylic acid groups (broad SMARTS) is 1. The van der Waals surface area contributed by atoms with Crippen molar-refractivity contribution >= 4 is 23.8 Å². The standard InChI is InChI=1S/C13H24N2O4S/c1-3-20-11-5-4-9(6-11)15-13(18)14-8-10(19-2)7-12(16)17/h9-11H,3-8H2,1-2H3,(H,16,17)(H2,14,15,18). The Kier molecular flexibility index (Phi) is 7.76. The summed E-state index contributed by atoms with van der Waals surface area (Å²) in [4.78, 5) is 22.3. The fourth-order valence-electron chi connectivity index (χ4n) is 2.33.